The monoisotopic (exact) mass is 301 g/mol. The van der Waals surface area contributed by atoms with Gasteiger partial charge in [0, 0.05) is 22.3 Å². The van der Waals surface area contributed by atoms with E-state index in [-0.39, 0.29) is 16.7 Å². The first kappa shape index (κ1) is 14.3. The van der Waals surface area contributed by atoms with E-state index >= 15 is 0 Å². The van der Waals surface area contributed by atoms with E-state index in [2.05, 4.69) is 5.32 Å². The molecule has 0 unspecified atom stereocenters. The third kappa shape index (κ3) is 2.92. The molecular weight excluding hydrogens is 286 g/mol. The molecule has 4 nitrogen and oxygen atoms in total. The standard InChI is InChI=1S/C13H16ClNO3S/c1-7-6-8(2)12(19(14,17)18)9(3)11(7)15-13(16)10-4-5-10/h6,10H,4-5H2,1-3H3,(H,15,16). The minimum atomic E-state index is -3.82. The van der Waals surface area contributed by atoms with Crippen molar-refractivity contribution >= 4 is 31.3 Å². The van der Waals surface area contributed by atoms with Crippen LogP contribution in [0.2, 0.25) is 0 Å². The van der Waals surface area contributed by atoms with Gasteiger partial charge in [0.15, 0.2) is 0 Å². The summed E-state index contributed by atoms with van der Waals surface area (Å²) in [5, 5.41) is 2.82. The summed E-state index contributed by atoms with van der Waals surface area (Å²) < 4.78 is 23.2. The largest absolute Gasteiger partial charge is 0.325 e. The fraction of sp³-hybridized carbons (Fsp3) is 0.462. The lowest BCUT2D eigenvalue weighted by molar-refractivity contribution is -0.117. The molecule has 1 N–H and O–H groups in total. The molecule has 19 heavy (non-hydrogen) atoms. The van der Waals surface area contributed by atoms with Crippen LogP contribution in [-0.2, 0) is 13.8 Å². The number of anilines is 1. The molecule has 1 aliphatic carbocycles. The predicted octanol–water partition coefficient (Wildman–Crippen LogP) is 2.89. The predicted molar refractivity (Wildman–Crippen MR) is 75.0 cm³/mol. The number of hydrogen-bond acceptors (Lipinski definition) is 3. The number of halogens is 1. The van der Waals surface area contributed by atoms with Gasteiger partial charge < -0.3 is 5.32 Å². The fourth-order valence-electron chi connectivity index (χ4n) is 2.31. The second-order valence-corrected chi connectivity index (χ2v) is 7.54. The van der Waals surface area contributed by atoms with Crippen LogP contribution >= 0.6 is 10.7 Å². The summed E-state index contributed by atoms with van der Waals surface area (Å²) in [6.45, 7) is 5.20. The van der Waals surface area contributed by atoms with Crippen molar-refractivity contribution < 1.29 is 13.2 Å². The van der Waals surface area contributed by atoms with Gasteiger partial charge in [-0.05, 0) is 50.3 Å². The topological polar surface area (TPSA) is 63.2 Å². The molecule has 1 amide bonds. The first-order chi connectivity index (χ1) is 8.71. The molecule has 0 spiro atoms. The Bertz CT molecular complexity index is 648. The fourth-order valence-corrected chi connectivity index (χ4v) is 3.93. The van der Waals surface area contributed by atoms with Crippen LogP contribution in [0.4, 0.5) is 5.69 Å². The molecule has 0 atom stereocenters. The van der Waals surface area contributed by atoms with Crippen molar-refractivity contribution in [2.24, 2.45) is 5.92 Å². The van der Waals surface area contributed by atoms with Crippen molar-refractivity contribution in [3.05, 3.63) is 22.8 Å². The van der Waals surface area contributed by atoms with Gasteiger partial charge in [-0.2, -0.15) is 0 Å². The molecule has 1 aromatic rings. The van der Waals surface area contributed by atoms with Crippen molar-refractivity contribution in [1.29, 1.82) is 0 Å². The molecule has 1 saturated carbocycles. The van der Waals surface area contributed by atoms with E-state index in [1.54, 1.807) is 19.9 Å². The van der Waals surface area contributed by atoms with Crippen LogP contribution in [0, 0.1) is 26.7 Å². The minimum Gasteiger partial charge on any atom is -0.325 e. The average Bonchev–Trinajstić information content (AvgIpc) is 3.04. The summed E-state index contributed by atoms with van der Waals surface area (Å²) in [6.07, 6.45) is 1.80. The third-order valence-electron chi connectivity index (χ3n) is 3.34. The Morgan fingerprint density at radius 2 is 1.84 bits per heavy atom. The van der Waals surface area contributed by atoms with Gasteiger partial charge in [-0.1, -0.05) is 6.07 Å². The summed E-state index contributed by atoms with van der Waals surface area (Å²) in [5.41, 5.74) is 2.49. The zero-order chi connectivity index (χ0) is 14.4. The molecule has 0 saturated heterocycles. The first-order valence-electron chi connectivity index (χ1n) is 6.08. The zero-order valence-electron chi connectivity index (χ0n) is 11.1. The van der Waals surface area contributed by atoms with E-state index in [0.717, 1.165) is 18.4 Å². The maximum Gasteiger partial charge on any atom is 0.261 e. The lowest BCUT2D eigenvalue weighted by atomic mass is 10.0. The van der Waals surface area contributed by atoms with E-state index in [0.29, 0.717) is 16.8 Å². The smallest absolute Gasteiger partial charge is 0.261 e. The third-order valence-corrected chi connectivity index (χ3v) is 4.92. The van der Waals surface area contributed by atoms with Gasteiger partial charge in [-0.25, -0.2) is 8.42 Å². The molecule has 2 rings (SSSR count). The van der Waals surface area contributed by atoms with Crippen molar-refractivity contribution in [2.45, 2.75) is 38.5 Å². The lowest BCUT2D eigenvalue weighted by Gasteiger charge is -2.16. The maximum atomic E-state index is 11.8. The van der Waals surface area contributed by atoms with Crippen LogP contribution in [0.3, 0.4) is 0 Å². The van der Waals surface area contributed by atoms with Gasteiger partial charge in [0.25, 0.3) is 9.05 Å². The second-order valence-electron chi connectivity index (χ2n) is 5.04. The highest BCUT2D eigenvalue weighted by Crippen LogP contribution is 2.35. The first-order valence-corrected chi connectivity index (χ1v) is 8.39. The SMILES string of the molecule is Cc1cc(C)c(S(=O)(=O)Cl)c(C)c1NC(=O)C1CC1. The number of rotatable bonds is 3. The molecule has 0 aromatic heterocycles. The summed E-state index contributed by atoms with van der Waals surface area (Å²) in [4.78, 5) is 11.9. The van der Waals surface area contributed by atoms with Gasteiger partial charge >= 0.3 is 0 Å². The quantitative estimate of drug-likeness (QED) is 0.873. The van der Waals surface area contributed by atoms with Crippen molar-refractivity contribution in [2.75, 3.05) is 5.32 Å². The molecule has 6 heteroatoms. The maximum absolute atomic E-state index is 11.8. The Hall–Kier alpha value is -1.07. The van der Waals surface area contributed by atoms with Crippen molar-refractivity contribution in [3.8, 4) is 0 Å². The van der Waals surface area contributed by atoms with Crippen LogP contribution in [-0.4, -0.2) is 14.3 Å². The number of nitrogens with one attached hydrogen (secondary N) is 1. The average molecular weight is 302 g/mol. The highest BCUT2D eigenvalue weighted by molar-refractivity contribution is 8.13. The van der Waals surface area contributed by atoms with Crippen LogP contribution in [0.1, 0.15) is 29.5 Å². The second kappa shape index (κ2) is 4.80. The van der Waals surface area contributed by atoms with Gasteiger partial charge in [0.05, 0.1) is 4.90 Å². The Labute approximate surface area is 117 Å². The minimum absolute atomic E-state index is 0.0482. The highest BCUT2D eigenvalue weighted by Gasteiger charge is 2.31. The molecule has 104 valence electrons. The van der Waals surface area contributed by atoms with Crippen molar-refractivity contribution in [1.82, 2.24) is 0 Å². The van der Waals surface area contributed by atoms with Crippen LogP contribution in [0.5, 0.6) is 0 Å². The number of aryl methyl sites for hydroxylation is 2. The molecule has 0 heterocycles. The summed E-state index contributed by atoms with van der Waals surface area (Å²) in [5.74, 6) is 0.0177. The van der Waals surface area contributed by atoms with Crippen LogP contribution in [0.25, 0.3) is 0 Å². The van der Waals surface area contributed by atoms with E-state index in [4.69, 9.17) is 10.7 Å². The van der Waals surface area contributed by atoms with E-state index in [1.165, 1.54) is 0 Å². The van der Waals surface area contributed by atoms with Gasteiger partial charge in [0.1, 0.15) is 0 Å². The Morgan fingerprint density at radius 3 is 2.32 bits per heavy atom. The van der Waals surface area contributed by atoms with E-state index < -0.39 is 9.05 Å². The zero-order valence-corrected chi connectivity index (χ0v) is 12.7. The summed E-state index contributed by atoms with van der Waals surface area (Å²) in [6, 6.07) is 1.73. The van der Waals surface area contributed by atoms with Gasteiger partial charge in [0.2, 0.25) is 5.91 Å². The Kier molecular flexibility index (Phi) is 3.62. The van der Waals surface area contributed by atoms with Gasteiger partial charge in [-0.3, -0.25) is 4.79 Å². The molecule has 1 aromatic carbocycles. The Balaban J connectivity index is 2.51. The van der Waals surface area contributed by atoms with E-state index in [1.807, 2.05) is 6.92 Å². The summed E-state index contributed by atoms with van der Waals surface area (Å²) >= 11 is 0. The van der Waals surface area contributed by atoms with E-state index in [9.17, 15) is 13.2 Å². The molecule has 0 radical (unpaired) electrons. The molecule has 1 fully saturated rings. The van der Waals surface area contributed by atoms with Crippen molar-refractivity contribution in [3.63, 3.8) is 0 Å². The number of benzene rings is 1. The van der Waals surface area contributed by atoms with Crippen LogP contribution in [0.15, 0.2) is 11.0 Å². The number of hydrogen-bond donors (Lipinski definition) is 1. The number of carbonyl (C=O) groups is 1. The molecule has 0 aliphatic heterocycles. The molecule has 1 aliphatic rings. The van der Waals surface area contributed by atoms with Crippen LogP contribution < -0.4 is 5.32 Å². The Morgan fingerprint density at radius 1 is 1.26 bits per heavy atom. The molecule has 0 bridgehead atoms. The number of amides is 1. The molecular formula is C13H16ClNO3S. The lowest BCUT2D eigenvalue weighted by Crippen LogP contribution is -2.16. The highest BCUT2D eigenvalue weighted by atomic mass is 35.7. The van der Waals surface area contributed by atoms with Gasteiger partial charge in [-0.15, -0.1) is 0 Å². The normalized spacial score (nSPS) is 15.4. The number of carbonyl (C=O) groups excluding carboxylic acids is 1. The summed E-state index contributed by atoms with van der Waals surface area (Å²) in [7, 11) is 1.64.